The summed E-state index contributed by atoms with van der Waals surface area (Å²) in [6.07, 6.45) is 2.27. The number of ether oxygens (including phenoxy) is 2. The highest BCUT2D eigenvalue weighted by molar-refractivity contribution is 6.47. The minimum Gasteiger partial charge on any atom is -0.444 e. The average Bonchev–Trinajstić information content (AvgIpc) is 3.51. The highest BCUT2D eigenvalue weighted by atomic mass is 35.5. The van der Waals surface area contributed by atoms with E-state index in [2.05, 4.69) is 20.9 Å². The van der Waals surface area contributed by atoms with Crippen LogP contribution in [0.15, 0.2) is 53.5 Å². The maximum absolute atomic E-state index is 12.5. The SMILES string of the molecule is CC(C)(C)OC(=O)N1CCCC2(C1)N=C(c1ccc(Cl)cc1)C(=O)N2.CC(C)(C)OC(=O)N1CCCC2(C1)NC(=O)C(c1ccc(Cl)cc1)N2. The maximum Gasteiger partial charge on any atom is 0.410 e. The topological polar surface area (TPSA) is 142 Å². The molecule has 2 aromatic carbocycles. The lowest BCUT2D eigenvalue weighted by Crippen LogP contribution is -2.61. The van der Waals surface area contributed by atoms with Gasteiger partial charge in [-0.05, 0) is 97.1 Å². The molecule has 0 saturated carbocycles. The molecule has 3 unspecified atom stereocenters. The first-order chi connectivity index (χ1) is 23.3. The van der Waals surface area contributed by atoms with Crippen LogP contribution in [-0.2, 0) is 19.1 Å². The number of amides is 4. The van der Waals surface area contributed by atoms with Crippen LogP contribution in [0.5, 0.6) is 0 Å². The van der Waals surface area contributed by atoms with E-state index in [1.54, 1.807) is 46.2 Å². The Labute approximate surface area is 303 Å². The third kappa shape index (κ3) is 9.26. The molecule has 270 valence electrons. The molecule has 0 radical (unpaired) electrons. The van der Waals surface area contributed by atoms with Crippen molar-refractivity contribution in [3.63, 3.8) is 0 Å². The maximum atomic E-state index is 12.5. The molecule has 2 spiro atoms. The quantitative estimate of drug-likeness (QED) is 0.354. The van der Waals surface area contributed by atoms with Gasteiger partial charge in [-0.2, -0.15) is 0 Å². The summed E-state index contributed by atoms with van der Waals surface area (Å²) in [6, 6.07) is 13.8. The molecule has 0 aliphatic carbocycles. The van der Waals surface area contributed by atoms with Crippen molar-refractivity contribution < 1.29 is 28.7 Å². The molecule has 4 heterocycles. The van der Waals surface area contributed by atoms with Crippen LogP contribution in [0.4, 0.5) is 9.59 Å². The monoisotopic (exact) mass is 728 g/mol. The largest absolute Gasteiger partial charge is 0.444 e. The predicted octanol–water partition coefficient (Wildman–Crippen LogP) is 5.81. The number of piperidine rings is 2. The zero-order chi connectivity index (χ0) is 36.5. The standard InChI is InChI=1S/C18H24ClN3O3.C18H22ClN3O3/c2*1-17(2,3)25-16(24)22-10-4-9-18(11-22)20-14(15(23)21-18)12-5-7-13(19)8-6-12/h5-8,14,20H,4,9-11H2,1-3H3,(H,21,23);5-8H,4,9-11H2,1-3H3,(H,21,23). The highest BCUT2D eigenvalue weighted by Crippen LogP contribution is 2.31. The number of carbonyl (C=O) groups is 4. The van der Waals surface area contributed by atoms with Crippen molar-refractivity contribution in [2.75, 3.05) is 26.2 Å². The van der Waals surface area contributed by atoms with E-state index in [0.717, 1.165) is 24.8 Å². The molecule has 14 heteroatoms. The third-order valence-corrected chi connectivity index (χ3v) is 9.02. The van der Waals surface area contributed by atoms with Gasteiger partial charge in [0.1, 0.15) is 28.6 Å². The molecule has 2 aromatic rings. The molecule has 12 nitrogen and oxygen atoms in total. The number of likely N-dealkylation sites (tertiary alicyclic amines) is 2. The minimum atomic E-state index is -0.777. The van der Waals surface area contributed by atoms with Crippen LogP contribution < -0.4 is 16.0 Å². The van der Waals surface area contributed by atoms with E-state index in [-0.39, 0.29) is 24.0 Å². The first-order valence-corrected chi connectivity index (χ1v) is 17.6. The second-order valence-corrected chi connectivity index (χ2v) is 16.0. The zero-order valence-corrected chi connectivity index (χ0v) is 30.9. The van der Waals surface area contributed by atoms with Crippen molar-refractivity contribution in [3.8, 4) is 0 Å². The molecule has 50 heavy (non-hydrogen) atoms. The number of hydrogen-bond donors (Lipinski definition) is 3. The van der Waals surface area contributed by atoms with E-state index in [1.165, 1.54) is 0 Å². The van der Waals surface area contributed by atoms with Gasteiger partial charge in [0.15, 0.2) is 5.66 Å². The second kappa shape index (κ2) is 14.4. The van der Waals surface area contributed by atoms with Gasteiger partial charge in [-0.15, -0.1) is 0 Å². The number of rotatable bonds is 2. The molecule has 3 atom stereocenters. The molecule has 4 amide bonds. The summed E-state index contributed by atoms with van der Waals surface area (Å²) in [4.78, 5) is 57.6. The Morgan fingerprint density at radius 2 is 1.30 bits per heavy atom. The highest BCUT2D eigenvalue weighted by Gasteiger charge is 2.48. The number of nitrogens with zero attached hydrogens (tertiary/aromatic N) is 3. The van der Waals surface area contributed by atoms with Gasteiger partial charge in [0.05, 0.1) is 13.1 Å². The lowest BCUT2D eigenvalue weighted by molar-refractivity contribution is -0.121. The fourth-order valence-corrected chi connectivity index (χ4v) is 6.66. The van der Waals surface area contributed by atoms with Crippen molar-refractivity contribution in [3.05, 3.63) is 69.7 Å². The van der Waals surface area contributed by atoms with Gasteiger partial charge in [0, 0.05) is 28.7 Å². The summed E-state index contributed by atoms with van der Waals surface area (Å²) in [7, 11) is 0. The molecule has 3 fully saturated rings. The van der Waals surface area contributed by atoms with Crippen molar-refractivity contribution >= 4 is 52.9 Å². The fourth-order valence-electron chi connectivity index (χ4n) is 6.41. The molecule has 4 aliphatic rings. The number of carbonyl (C=O) groups excluding carboxylic acids is 4. The number of aliphatic imine (C=N–C) groups is 1. The number of benzene rings is 2. The van der Waals surface area contributed by atoms with E-state index >= 15 is 0 Å². The lowest BCUT2D eigenvalue weighted by atomic mass is 9.99. The Bertz CT molecular complexity index is 1640. The van der Waals surface area contributed by atoms with Gasteiger partial charge in [0.2, 0.25) is 5.91 Å². The number of halogens is 2. The van der Waals surface area contributed by atoms with Crippen LogP contribution in [-0.4, -0.2) is 88.2 Å². The molecule has 3 N–H and O–H groups in total. The average molecular weight is 730 g/mol. The molecule has 4 aliphatic heterocycles. The van der Waals surface area contributed by atoms with E-state index in [1.807, 2.05) is 53.7 Å². The van der Waals surface area contributed by atoms with Crippen molar-refractivity contribution in [2.45, 2.75) is 95.8 Å². The summed E-state index contributed by atoms with van der Waals surface area (Å²) >= 11 is 11.8. The van der Waals surface area contributed by atoms with Crippen LogP contribution in [0.1, 0.15) is 84.4 Å². The van der Waals surface area contributed by atoms with E-state index in [0.29, 0.717) is 53.9 Å². The van der Waals surface area contributed by atoms with Crippen molar-refractivity contribution in [1.82, 2.24) is 25.8 Å². The number of nitrogens with one attached hydrogen (secondary N) is 3. The lowest BCUT2D eigenvalue weighted by Gasteiger charge is -2.40. The van der Waals surface area contributed by atoms with Gasteiger partial charge in [0.25, 0.3) is 5.91 Å². The van der Waals surface area contributed by atoms with Crippen molar-refractivity contribution in [2.24, 2.45) is 4.99 Å². The van der Waals surface area contributed by atoms with Crippen LogP contribution in [0.25, 0.3) is 0 Å². The first-order valence-electron chi connectivity index (χ1n) is 16.8. The summed E-state index contributed by atoms with van der Waals surface area (Å²) in [5.74, 6) is -0.318. The Hall–Kier alpha value is -3.87. The summed E-state index contributed by atoms with van der Waals surface area (Å²) in [5.41, 5.74) is -0.542. The molecule has 0 aromatic heterocycles. The zero-order valence-electron chi connectivity index (χ0n) is 29.4. The Morgan fingerprint density at radius 3 is 1.86 bits per heavy atom. The fraction of sp³-hybridized carbons (Fsp3) is 0.528. The van der Waals surface area contributed by atoms with Gasteiger partial charge in [-0.1, -0.05) is 47.5 Å². The molecular formula is C36H46Cl2N6O6. The minimum absolute atomic E-state index is 0.0895. The van der Waals surface area contributed by atoms with Gasteiger partial charge < -0.3 is 29.9 Å². The second-order valence-electron chi connectivity index (χ2n) is 15.2. The van der Waals surface area contributed by atoms with E-state index in [4.69, 9.17) is 32.7 Å². The van der Waals surface area contributed by atoms with Crippen LogP contribution in [0.3, 0.4) is 0 Å². The smallest absolute Gasteiger partial charge is 0.410 e. The summed E-state index contributed by atoms with van der Waals surface area (Å²) in [5, 5.41) is 10.6. The van der Waals surface area contributed by atoms with Crippen LogP contribution >= 0.6 is 23.2 Å². The van der Waals surface area contributed by atoms with Crippen LogP contribution in [0.2, 0.25) is 10.0 Å². The van der Waals surface area contributed by atoms with E-state index < -0.39 is 28.6 Å². The van der Waals surface area contributed by atoms with Crippen LogP contribution in [0, 0.1) is 0 Å². The molecular weight excluding hydrogens is 683 g/mol. The predicted molar refractivity (Wildman–Crippen MR) is 191 cm³/mol. The third-order valence-electron chi connectivity index (χ3n) is 8.52. The first kappa shape index (κ1) is 37.4. The number of hydrogen-bond acceptors (Lipinski definition) is 8. The molecule has 6 rings (SSSR count). The Morgan fingerprint density at radius 1 is 0.780 bits per heavy atom. The van der Waals surface area contributed by atoms with Gasteiger partial charge in [-0.3, -0.25) is 14.9 Å². The van der Waals surface area contributed by atoms with Gasteiger partial charge >= 0.3 is 12.2 Å². The Balaban J connectivity index is 0.000000194. The Kier molecular flexibility index (Phi) is 10.8. The molecule has 0 bridgehead atoms. The normalized spacial score (nSPS) is 25.0. The summed E-state index contributed by atoms with van der Waals surface area (Å²) < 4.78 is 10.9. The summed E-state index contributed by atoms with van der Waals surface area (Å²) in [6.45, 7) is 12.9. The van der Waals surface area contributed by atoms with E-state index in [9.17, 15) is 19.2 Å². The molecule has 3 saturated heterocycles. The van der Waals surface area contributed by atoms with Gasteiger partial charge in [-0.25, -0.2) is 14.6 Å². The van der Waals surface area contributed by atoms with Crippen molar-refractivity contribution in [1.29, 1.82) is 0 Å².